The van der Waals surface area contributed by atoms with Gasteiger partial charge < -0.3 is 9.64 Å². The van der Waals surface area contributed by atoms with Gasteiger partial charge in [0.2, 0.25) is 5.91 Å². The van der Waals surface area contributed by atoms with Crippen molar-refractivity contribution in [1.82, 2.24) is 19.7 Å². The van der Waals surface area contributed by atoms with Crippen molar-refractivity contribution in [2.24, 2.45) is 5.92 Å². The highest BCUT2D eigenvalue weighted by Gasteiger charge is 2.23. The molecule has 0 bridgehead atoms. The van der Waals surface area contributed by atoms with Gasteiger partial charge in [-0.1, -0.05) is 74.1 Å². The number of methoxy groups -OCH3 is 1. The van der Waals surface area contributed by atoms with E-state index in [2.05, 4.69) is 23.2 Å². The molecule has 1 aromatic heterocycles. The second-order valence-corrected chi connectivity index (χ2v) is 8.38. The molecule has 2 aromatic carbocycles. The lowest BCUT2D eigenvalue weighted by molar-refractivity contribution is -0.146. The average molecular weight is 453 g/mol. The molecule has 7 nitrogen and oxygen atoms in total. The Kier molecular flexibility index (Phi) is 8.44. The average Bonchev–Trinajstić information content (AvgIpc) is 3.30. The normalized spacial score (nSPS) is 11.7. The fourth-order valence-corrected chi connectivity index (χ4v) is 4.24. The Bertz CT molecular complexity index is 1040. The minimum absolute atomic E-state index is 0.0760. The number of amides is 1. The number of rotatable bonds is 10. The van der Waals surface area contributed by atoms with Gasteiger partial charge in [0.25, 0.3) is 0 Å². The maximum Gasteiger partial charge on any atom is 0.310 e. The number of aryl methyl sites for hydroxylation is 1. The third-order valence-corrected chi connectivity index (χ3v) is 6.07. The molecule has 168 valence electrons. The molecule has 0 radical (unpaired) electrons. The predicted octanol–water partition coefficient (Wildman–Crippen LogP) is 3.76. The number of para-hydroxylation sites is 1. The van der Waals surface area contributed by atoms with E-state index in [0.717, 1.165) is 17.7 Å². The Morgan fingerprint density at radius 3 is 2.56 bits per heavy atom. The van der Waals surface area contributed by atoms with Crippen molar-refractivity contribution in [3.8, 4) is 5.69 Å². The van der Waals surface area contributed by atoms with E-state index in [1.165, 1.54) is 24.4 Å². The van der Waals surface area contributed by atoms with Crippen molar-refractivity contribution < 1.29 is 14.3 Å². The first-order chi connectivity index (χ1) is 15.5. The van der Waals surface area contributed by atoms with Gasteiger partial charge in [0, 0.05) is 13.1 Å². The van der Waals surface area contributed by atoms with Crippen molar-refractivity contribution in [3.63, 3.8) is 0 Å². The molecular weight excluding hydrogens is 424 g/mol. The van der Waals surface area contributed by atoms with Crippen LogP contribution in [0.15, 0.2) is 66.1 Å². The highest BCUT2D eigenvalue weighted by molar-refractivity contribution is 7.99. The Morgan fingerprint density at radius 2 is 1.84 bits per heavy atom. The predicted molar refractivity (Wildman–Crippen MR) is 125 cm³/mol. The van der Waals surface area contributed by atoms with Crippen LogP contribution in [0.3, 0.4) is 0 Å². The molecule has 0 N–H and O–H groups in total. The summed E-state index contributed by atoms with van der Waals surface area (Å²) in [5, 5.41) is 8.92. The number of nitrogens with zero attached hydrogens (tertiary/aromatic N) is 4. The van der Waals surface area contributed by atoms with E-state index in [1.807, 2.05) is 53.1 Å². The summed E-state index contributed by atoms with van der Waals surface area (Å²) in [6.45, 7) is 4.57. The second-order valence-electron chi connectivity index (χ2n) is 7.44. The van der Waals surface area contributed by atoms with Crippen molar-refractivity contribution in [2.75, 3.05) is 19.4 Å². The van der Waals surface area contributed by atoms with Crippen LogP contribution in [-0.4, -0.2) is 50.9 Å². The highest BCUT2D eigenvalue weighted by Crippen LogP contribution is 2.23. The van der Waals surface area contributed by atoms with Gasteiger partial charge in [-0.25, -0.2) is 0 Å². The van der Waals surface area contributed by atoms with E-state index in [-0.39, 0.29) is 24.2 Å². The highest BCUT2D eigenvalue weighted by atomic mass is 32.2. The van der Waals surface area contributed by atoms with Gasteiger partial charge >= 0.3 is 5.97 Å². The summed E-state index contributed by atoms with van der Waals surface area (Å²) in [4.78, 5) is 26.8. The monoisotopic (exact) mass is 452 g/mol. The Labute approximate surface area is 192 Å². The molecule has 0 spiro atoms. The molecule has 8 heteroatoms. The summed E-state index contributed by atoms with van der Waals surface area (Å²) >= 11 is 1.34. The van der Waals surface area contributed by atoms with E-state index < -0.39 is 5.92 Å². The molecule has 32 heavy (non-hydrogen) atoms. The minimum atomic E-state index is -0.419. The number of ether oxygens (including phenoxy) is 1. The van der Waals surface area contributed by atoms with E-state index in [1.54, 1.807) is 18.2 Å². The van der Waals surface area contributed by atoms with E-state index >= 15 is 0 Å². The molecule has 3 aromatic rings. The van der Waals surface area contributed by atoms with Crippen molar-refractivity contribution in [3.05, 3.63) is 72.1 Å². The zero-order valence-electron chi connectivity index (χ0n) is 18.6. The van der Waals surface area contributed by atoms with Crippen molar-refractivity contribution >= 4 is 23.6 Å². The molecule has 0 aliphatic heterocycles. The Balaban J connectivity index is 1.74. The summed E-state index contributed by atoms with van der Waals surface area (Å²) in [7, 11) is 1.36. The Morgan fingerprint density at radius 1 is 1.12 bits per heavy atom. The zero-order valence-corrected chi connectivity index (χ0v) is 19.4. The number of benzene rings is 2. The summed E-state index contributed by atoms with van der Waals surface area (Å²) in [5.74, 6) is -0.640. The summed E-state index contributed by atoms with van der Waals surface area (Å²) in [6, 6.07) is 17.8. The second kappa shape index (κ2) is 11.5. The number of esters is 1. The number of carbonyl (C=O) groups excluding carboxylic acids is 2. The topological polar surface area (TPSA) is 77.3 Å². The van der Waals surface area contributed by atoms with Crippen molar-refractivity contribution in [2.45, 2.75) is 32.0 Å². The fourth-order valence-electron chi connectivity index (χ4n) is 3.42. The number of thioether (sulfide) groups is 1. The molecule has 1 unspecified atom stereocenters. The summed E-state index contributed by atoms with van der Waals surface area (Å²) in [6.07, 6.45) is 2.55. The lowest BCUT2D eigenvalue weighted by Crippen LogP contribution is -2.37. The van der Waals surface area contributed by atoms with Gasteiger partial charge in [0.15, 0.2) is 5.16 Å². The molecule has 1 amide bonds. The molecule has 0 aliphatic rings. The maximum absolute atomic E-state index is 13.2. The smallest absolute Gasteiger partial charge is 0.310 e. The van der Waals surface area contributed by atoms with Gasteiger partial charge in [-0.05, 0) is 23.6 Å². The molecule has 1 atom stereocenters. The first kappa shape index (κ1) is 23.5. The largest absolute Gasteiger partial charge is 0.469 e. The molecular formula is C24H28N4O3S. The van der Waals surface area contributed by atoms with Gasteiger partial charge in [-0.3, -0.25) is 14.2 Å². The Hall–Kier alpha value is -3.13. The summed E-state index contributed by atoms with van der Waals surface area (Å²) in [5.41, 5.74) is 3.19. The standard InChI is InChI=1S/C24H28N4O3S/c1-4-20-12-8-9-13-21(20)28-17-25-26-24(28)32-16-22(29)27(14-18(2)23(30)31-3)15-19-10-6-5-7-11-19/h5-13,17-18H,4,14-16H2,1-3H3. The van der Waals surface area contributed by atoms with Crippen LogP contribution < -0.4 is 0 Å². The maximum atomic E-state index is 13.2. The molecule has 0 saturated carbocycles. The van der Waals surface area contributed by atoms with Crippen LogP contribution in [0, 0.1) is 5.92 Å². The molecule has 3 rings (SSSR count). The fraction of sp³-hybridized carbons (Fsp3) is 0.333. The molecule has 1 heterocycles. The van der Waals surface area contributed by atoms with Crippen LogP contribution in [0.1, 0.15) is 25.0 Å². The van der Waals surface area contributed by atoms with Crippen LogP contribution in [-0.2, 0) is 27.3 Å². The lowest BCUT2D eigenvalue weighted by atomic mass is 10.1. The van der Waals surface area contributed by atoms with Gasteiger partial charge in [0.05, 0.1) is 24.5 Å². The zero-order chi connectivity index (χ0) is 22.9. The first-order valence-corrected chi connectivity index (χ1v) is 11.5. The quantitative estimate of drug-likeness (QED) is 0.344. The van der Waals surface area contributed by atoms with E-state index in [0.29, 0.717) is 11.7 Å². The van der Waals surface area contributed by atoms with Gasteiger partial charge in [-0.15, -0.1) is 10.2 Å². The number of hydrogen-bond donors (Lipinski definition) is 0. The lowest BCUT2D eigenvalue weighted by Gasteiger charge is -2.25. The summed E-state index contributed by atoms with van der Waals surface area (Å²) < 4.78 is 6.76. The number of aromatic nitrogens is 3. The number of carbonyl (C=O) groups is 2. The first-order valence-electron chi connectivity index (χ1n) is 10.5. The number of hydrogen-bond acceptors (Lipinski definition) is 6. The van der Waals surface area contributed by atoms with Crippen LogP contribution >= 0.6 is 11.8 Å². The SMILES string of the molecule is CCc1ccccc1-n1cnnc1SCC(=O)N(Cc1ccccc1)CC(C)C(=O)OC. The van der Waals surface area contributed by atoms with Crippen LogP contribution in [0.5, 0.6) is 0 Å². The molecule has 0 aliphatic carbocycles. The van der Waals surface area contributed by atoms with Crippen LogP contribution in [0.2, 0.25) is 0 Å². The van der Waals surface area contributed by atoms with Gasteiger partial charge in [-0.2, -0.15) is 0 Å². The van der Waals surface area contributed by atoms with Crippen LogP contribution in [0.25, 0.3) is 5.69 Å². The third-order valence-electron chi connectivity index (χ3n) is 5.14. The minimum Gasteiger partial charge on any atom is -0.469 e. The van der Waals surface area contributed by atoms with E-state index in [9.17, 15) is 9.59 Å². The molecule has 0 saturated heterocycles. The van der Waals surface area contributed by atoms with Crippen molar-refractivity contribution in [1.29, 1.82) is 0 Å². The van der Waals surface area contributed by atoms with E-state index in [4.69, 9.17) is 4.74 Å². The van der Waals surface area contributed by atoms with Crippen LogP contribution in [0.4, 0.5) is 0 Å². The third kappa shape index (κ3) is 5.97. The molecule has 0 fully saturated rings. The van der Waals surface area contributed by atoms with Gasteiger partial charge in [0.1, 0.15) is 6.33 Å².